The summed E-state index contributed by atoms with van der Waals surface area (Å²) in [5, 5.41) is 0. The molecule has 0 N–H and O–H groups in total. The summed E-state index contributed by atoms with van der Waals surface area (Å²) < 4.78 is 10.6. The topological polar surface area (TPSA) is 38.8 Å². The van der Waals surface area contributed by atoms with Crippen molar-refractivity contribution in [3.63, 3.8) is 0 Å². The van der Waals surface area contributed by atoms with Crippen LogP contribution < -0.4 is 4.74 Å². The van der Waals surface area contributed by atoms with Crippen LogP contribution in [0.3, 0.4) is 0 Å². The van der Waals surface area contributed by atoms with Crippen molar-refractivity contribution in [1.82, 2.24) is 0 Å². The molecule has 3 nitrogen and oxygen atoms in total. The summed E-state index contributed by atoms with van der Waals surface area (Å²) in [4.78, 5) is 12.3. The van der Waals surface area contributed by atoms with Crippen molar-refractivity contribution in [2.75, 3.05) is 13.2 Å². The van der Waals surface area contributed by atoms with E-state index < -0.39 is 0 Å². The molecule has 1 heterocycles. The zero-order chi connectivity index (χ0) is 13.9. The summed E-state index contributed by atoms with van der Waals surface area (Å²) in [7, 11) is 0. The number of ketones is 1. The Kier molecular flexibility index (Phi) is 3.52. The van der Waals surface area contributed by atoms with E-state index in [9.17, 15) is 4.79 Å². The normalized spacial score (nSPS) is 16.8. The van der Waals surface area contributed by atoms with E-state index in [1.54, 1.807) is 12.1 Å². The van der Waals surface area contributed by atoms with E-state index in [1.165, 1.54) is 0 Å². The standard InChI is InChI=1S/C17H16O3/c1-12-3-2-4-14(9-12)17(18)13-5-7-15(8-6-13)19-10-16-11-20-16/h2-9,16H,10-11H2,1H3. The summed E-state index contributed by atoms with van der Waals surface area (Å²) in [5.41, 5.74) is 2.47. The van der Waals surface area contributed by atoms with Gasteiger partial charge in [0, 0.05) is 11.1 Å². The summed E-state index contributed by atoms with van der Waals surface area (Å²) in [6.07, 6.45) is 0.239. The maximum atomic E-state index is 12.3. The number of ether oxygens (including phenoxy) is 2. The molecule has 0 aromatic heterocycles. The second-order valence-corrected chi connectivity index (χ2v) is 4.99. The van der Waals surface area contributed by atoms with Gasteiger partial charge < -0.3 is 9.47 Å². The third-order valence-electron chi connectivity index (χ3n) is 3.24. The Bertz CT molecular complexity index is 612. The molecule has 3 rings (SSSR count). The molecule has 2 aromatic carbocycles. The predicted octanol–water partition coefficient (Wildman–Crippen LogP) is 3.00. The summed E-state index contributed by atoms with van der Waals surface area (Å²) >= 11 is 0. The lowest BCUT2D eigenvalue weighted by Crippen LogP contribution is -2.05. The smallest absolute Gasteiger partial charge is 0.193 e. The minimum atomic E-state index is 0.0331. The molecule has 0 aliphatic carbocycles. The van der Waals surface area contributed by atoms with Gasteiger partial charge in [0.05, 0.1) is 6.61 Å². The number of hydrogen-bond acceptors (Lipinski definition) is 3. The second kappa shape index (κ2) is 5.47. The fourth-order valence-corrected chi connectivity index (χ4v) is 2.01. The van der Waals surface area contributed by atoms with Gasteiger partial charge in [0.25, 0.3) is 0 Å². The molecule has 0 spiro atoms. The zero-order valence-electron chi connectivity index (χ0n) is 11.3. The number of carbonyl (C=O) groups excluding carboxylic acids is 1. The number of benzene rings is 2. The third-order valence-corrected chi connectivity index (χ3v) is 3.24. The average molecular weight is 268 g/mol. The first-order valence-electron chi connectivity index (χ1n) is 6.68. The van der Waals surface area contributed by atoms with Crippen molar-refractivity contribution in [1.29, 1.82) is 0 Å². The molecule has 3 heteroatoms. The van der Waals surface area contributed by atoms with Crippen LogP contribution >= 0.6 is 0 Å². The first-order valence-corrected chi connectivity index (χ1v) is 6.68. The summed E-state index contributed by atoms with van der Waals surface area (Å²) in [5.74, 6) is 0.798. The maximum absolute atomic E-state index is 12.3. The van der Waals surface area contributed by atoms with Gasteiger partial charge in [-0.2, -0.15) is 0 Å². The van der Waals surface area contributed by atoms with Gasteiger partial charge in [-0.3, -0.25) is 4.79 Å². The fourth-order valence-electron chi connectivity index (χ4n) is 2.01. The van der Waals surface area contributed by atoms with Crippen molar-refractivity contribution in [2.45, 2.75) is 13.0 Å². The van der Waals surface area contributed by atoms with Crippen LogP contribution in [0.1, 0.15) is 21.5 Å². The van der Waals surface area contributed by atoms with Gasteiger partial charge in [-0.25, -0.2) is 0 Å². The molecule has 2 aromatic rings. The van der Waals surface area contributed by atoms with Gasteiger partial charge in [0.2, 0.25) is 0 Å². The molecule has 1 fully saturated rings. The third kappa shape index (κ3) is 3.06. The molecule has 20 heavy (non-hydrogen) atoms. The Balaban J connectivity index is 1.71. The molecule has 1 saturated heterocycles. The summed E-state index contributed by atoms with van der Waals surface area (Å²) in [6, 6.07) is 14.9. The van der Waals surface area contributed by atoms with E-state index in [4.69, 9.17) is 9.47 Å². The van der Waals surface area contributed by atoms with Gasteiger partial charge in [-0.15, -0.1) is 0 Å². The molecule has 0 saturated carbocycles. The first kappa shape index (κ1) is 12.9. The quantitative estimate of drug-likeness (QED) is 0.618. The fraction of sp³-hybridized carbons (Fsp3) is 0.235. The lowest BCUT2D eigenvalue weighted by atomic mass is 10.0. The number of rotatable bonds is 5. The Hall–Kier alpha value is -2.13. The van der Waals surface area contributed by atoms with E-state index in [2.05, 4.69) is 0 Å². The van der Waals surface area contributed by atoms with Crippen molar-refractivity contribution in [3.05, 3.63) is 65.2 Å². The van der Waals surface area contributed by atoms with E-state index in [0.29, 0.717) is 17.7 Å². The van der Waals surface area contributed by atoms with E-state index >= 15 is 0 Å². The number of aryl methyl sites for hydroxylation is 1. The Labute approximate surface area is 118 Å². The van der Waals surface area contributed by atoms with Crippen LogP contribution in [0.2, 0.25) is 0 Å². The molecular formula is C17H16O3. The molecule has 1 atom stereocenters. The highest BCUT2D eigenvalue weighted by molar-refractivity contribution is 6.09. The molecular weight excluding hydrogens is 252 g/mol. The Morgan fingerprint density at radius 3 is 2.60 bits per heavy atom. The SMILES string of the molecule is Cc1cccc(C(=O)c2ccc(OCC3CO3)cc2)c1. The highest BCUT2D eigenvalue weighted by atomic mass is 16.6. The predicted molar refractivity (Wildman–Crippen MR) is 76.3 cm³/mol. The van der Waals surface area contributed by atoms with Gasteiger partial charge in [0.1, 0.15) is 18.5 Å². The van der Waals surface area contributed by atoms with Crippen molar-refractivity contribution in [2.24, 2.45) is 0 Å². The van der Waals surface area contributed by atoms with Gasteiger partial charge in [-0.05, 0) is 37.3 Å². The minimum absolute atomic E-state index is 0.0331. The average Bonchev–Trinajstić information content (AvgIpc) is 3.29. The van der Waals surface area contributed by atoms with Crippen molar-refractivity contribution >= 4 is 5.78 Å². The lowest BCUT2D eigenvalue weighted by Gasteiger charge is -2.06. The van der Waals surface area contributed by atoms with Gasteiger partial charge >= 0.3 is 0 Å². The van der Waals surface area contributed by atoms with Crippen LogP contribution in [-0.4, -0.2) is 25.1 Å². The lowest BCUT2D eigenvalue weighted by molar-refractivity contribution is 0.103. The monoisotopic (exact) mass is 268 g/mol. The van der Waals surface area contributed by atoms with Crippen LogP contribution in [0.4, 0.5) is 0 Å². The largest absolute Gasteiger partial charge is 0.491 e. The first-order chi connectivity index (χ1) is 9.72. The highest BCUT2D eigenvalue weighted by Crippen LogP contribution is 2.18. The molecule has 0 amide bonds. The van der Waals surface area contributed by atoms with Gasteiger partial charge in [0.15, 0.2) is 5.78 Å². The summed E-state index contributed by atoms with van der Waals surface area (Å²) in [6.45, 7) is 3.34. The zero-order valence-corrected chi connectivity index (χ0v) is 11.3. The Morgan fingerprint density at radius 1 is 1.20 bits per heavy atom. The van der Waals surface area contributed by atoms with Crippen molar-refractivity contribution < 1.29 is 14.3 Å². The molecule has 102 valence electrons. The van der Waals surface area contributed by atoms with E-state index in [-0.39, 0.29) is 11.9 Å². The molecule has 0 radical (unpaired) electrons. The number of hydrogen-bond donors (Lipinski definition) is 0. The molecule has 1 unspecified atom stereocenters. The van der Waals surface area contributed by atoms with Crippen LogP contribution in [-0.2, 0) is 4.74 Å². The number of carbonyl (C=O) groups is 1. The molecule has 0 bridgehead atoms. The highest BCUT2D eigenvalue weighted by Gasteiger charge is 2.23. The second-order valence-electron chi connectivity index (χ2n) is 4.99. The van der Waals surface area contributed by atoms with Crippen LogP contribution in [0, 0.1) is 6.92 Å². The van der Waals surface area contributed by atoms with Crippen LogP contribution in [0.25, 0.3) is 0 Å². The minimum Gasteiger partial charge on any atom is -0.491 e. The van der Waals surface area contributed by atoms with Crippen LogP contribution in [0.5, 0.6) is 5.75 Å². The Morgan fingerprint density at radius 2 is 1.95 bits per heavy atom. The molecule has 1 aliphatic rings. The van der Waals surface area contributed by atoms with Gasteiger partial charge in [-0.1, -0.05) is 23.8 Å². The van der Waals surface area contributed by atoms with E-state index in [1.807, 2.05) is 43.3 Å². The van der Waals surface area contributed by atoms with Crippen molar-refractivity contribution in [3.8, 4) is 5.75 Å². The maximum Gasteiger partial charge on any atom is 0.193 e. The van der Waals surface area contributed by atoms with E-state index in [0.717, 1.165) is 17.9 Å². The molecule has 1 aliphatic heterocycles. The number of epoxide rings is 1. The van der Waals surface area contributed by atoms with Crippen LogP contribution in [0.15, 0.2) is 48.5 Å².